The van der Waals surface area contributed by atoms with Gasteiger partial charge in [0.2, 0.25) is 5.91 Å². The number of hydrogen-bond acceptors (Lipinski definition) is 3. The summed E-state index contributed by atoms with van der Waals surface area (Å²) in [6.45, 7) is 3.70. The van der Waals surface area contributed by atoms with E-state index in [0.29, 0.717) is 6.54 Å². The summed E-state index contributed by atoms with van der Waals surface area (Å²) in [6.07, 6.45) is 0.406. The van der Waals surface area contributed by atoms with Gasteiger partial charge in [-0.25, -0.2) is 0 Å². The lowest BCUT2D eigenvalue weighted by atomic mass is 10.4. The van der Waals surface area contributed by atoms with Crippen molar-refractivity contribution < 1.29 is 14.3 Å². The van der Waals surface area contributed by atoms with Crippen LogP contribution in [0.25, 0.3) is 0 Å². The van der Waals surface area contributed by atoms with Crippen LogP contribution in [-0.4, -0.2) is 25.5 Å². The zero-order valence-corrected chi connectivity index (χ0v) is 6.55. The molecule has 0 saturated carbocycles. The molecule has 4 heteroatoms. The van der Waals surface area contributed by atoms with Gasteiger partial charge in [0.05, 0.1) is 13.5 Å². The lowest BCUT2D eigenvalue weighted by Crippen LogP contribution is -2.25. The molecule has 1 amide bonds. The average Bonchev–Trinajstić information content (AvgIpc) is 2.04. The second kappa shape index (κ2) is 5.70. The fourth-order valence-electron chi connectivity index (χ4n) is 0.494. The van der Waals surface area contributed by atoms with E-state index in [1.54, 1.807) is 0 Å². The fraction of sp³-hybridized carbons (Fsp3) is 0.571. The molecular weight excluding hydrogens is 146 g/mol. The zero-order chi connectivity index (χ0) is 8.69. The average molecular weight is 158 g/mol. The van der Waals surface area contributed by atoms with Crippen molar-refractivity contribution in [2.75, 3.05) is 13.7 Å². The van der Waals surface area contributed by atoms with Gasteiger partial charge in [0, 0.05) is 13.0 Å². The van der Waals surface area contributed by atoms with Crippen molar-refractivity contribution in [2.24, 2.45) is 0 Å². The Morgan fingerprint density at radius 2 is 2.18 bits per heavy atom. The van der Waals surface area contributed by atoms with E-state index in [1.807, 2.05) is 0 Å². The van der Waals surface area contributed by atoms with E-state index in [-0.39, 0.29) is 24.7 Å². The molecule has 0 aliphatic rings. The van der Waals surface area contributed by atoms with E-state index in [0.717, 1.165) is 0 Å². The van der Waals surface area contributed by atoms with Gasteiger partial charge in [-0.1, -0.05) is 0 Å². The van der Waals surface area contributed by atoms with Crippen LogP contribution in [0, 0.1) is 6.92 Å². The maximum absolute atomic E-state index is 10.6. The molecule has 1 radical (unpaired) electrons. The van der Waals surface area contributed by atoms with Crippen molar-refractivity contribution in [3.63, 3.8) is 0 Å². The Bertz CT molecular complexity index is 129. The van der Waals surface area contributed by atoms with Crippen molar-refractivity contribution in [3.05, 3.63) is 6.92 Å². The molecular formula is C7H12NO3. The first-order valence-electron chi connectivity index (χ1n) is 3.33. The Labute approximate surface area is 65.9 Å². The molecule has 0 bridgehead atoms. The van der Waals surface area contributed by atoms with Crippen molar-refractivity contribution in [1.29, 1.82) is 0 Å². The normalized spacial score (nSPS) is 8.91. The largest absolute Gasteiger partial charge is 0.469 e. The summed E-state index contributed by atoms with van der Waals surface area (Å²) in [6, 6.07) is 0. The van der Waals surface area contributed by atoms with Gasteiger partial charge < -0.3 is 10.1 Å². The van der Waals surface area contributed by atoms with E-state index in [2.05, 4.69) is 17.0 Å². The molecule has 11 heavy (non-hydrogen) atoms. The third kappa shape index (κ3) is 5.39. The number of carbonyl (C=O) groups excluding carboxylic acids is 2. The van der Waals surface area contributed by atoms with Crippen LogP contribution in [0.2, 0.25) is 0 Å². The number of amides is 1. The van der Waals surface area contributed by atoms with Crippen LogP contribution in [0.3, 0.4) is 0 Å². The van der Waals surface area contributed by atoms with E-state index in [1.165, 1.54) is 7.11 Å². The molecule has 0 spiro atoms. The van der Waals surface area contributed by atoms with Crippen LogP contribution in [0.15, 0.2) is 0 Å². The number of methoxy groups -OCH3 is 1. The minimum atomic E-state index is -0.325. The highest BCUT2D eigenvalue weighted by Gasteiger charge is 2.00. The Kier molecular flexibility index (Phi) is 5.15. The highest BCUT2D eigenvalue weighted by atomic mass is 16.5. The molecule has 0 unspecified atom stereocenters. The molecule has 0 aliphatic heterocycles. The van der Waals surface area contributed by atoms with Gasteiger partial charge in [-0.05, 0) is 6.92 Å². The highest BCUT2D eigenvalue weighted by molar-refractivity contribution is 5.77. The molecule has 0 aliphatic carbocycles. The van der Waals surface area contributed by atoms with Crippen LogP contribution in [0.5, 0.6) is 0 Å². The van der Waals surface area contributed by atoms with Crippen LogP contribution < -0.4 is 5.32 Å². The maximum Gasteiger partial charge on any atom is 0.307 e. The SMILES string of the molecule is [CH2]CC(=O)NCCC(=O)OC. The van der Waals surface area contributed by atoms with Gasteiger partial charge in [0.15, 0.2) is 0 Å². The van der Waals surface area contributed by atoms with Gasteiger partial charge in [-0.2, -0.15) is 0 Å². The monoisotopic (exact) mass is 158 g/mol. The van der Waals surface area contributed by atoms with Gasteiger partial charge in [0.25, 0.3) is 0 Å². The summed E-state index contributed by atoms with van der Waals surface area (Å²) in [7, 11) is 1.31. The number of esters is 1. The van der Waals surface area contributed by atoms with E-state index >= 15 is 0 Å². The number of hydrogen-bond donors (Lipinski definition) is 1. The topological polar surface area (TPSA) is 55.4 Å². The van der Waals surface area contributed by atoms with Crippen molar-refractivity contribution in [2.45, 2.75) is 12.8 Å². The smallest absolute Gasteiger partial charge is 0.307 e. The summed E-state index contributed by atoms with van der Waals surface area (Å²) in [4.78, 5) is 21.0. The lowest BCUT2D eigenvalue weighted by Gasteiger charge is -2.00. The molecule has 0 fully saturated rings. The lowest BCUT2D eigenvalue weighted by molar-refractivity contribution is -0.140. The quantitative estimate of drug-likeness (QED) is 0.581. The second-order valence-corrected chi connectivity index (χ2v) is 1.93. The fourth-order valence-corrected chi connectivity index (χ4v) is 0.494. The highest BCUT2D eigenvalue weighted by Crippen LogP contribution is 1.82. The molecule has 0 aromatic rings. The molecule has 0 heterocycles. The second-order valence-electron chi connectivity index (χ2n) is 1.93. The Balaban J connectivity index is 3.27. The standard InChI is InChI=1S/C7H12NO3/c1-3-6(9)8-5-4-7(10)11-2/h1,3-5H2,2H3,(H,8,9). The minimum absolute atomic E-state index is 0.158. The molecule has 0 atom stereocenters. The Hall–Kier alpha value is -1.06. The number of carbonyl (C=O) groups is 2. The molecule has 63 valence electrons. The summed E-state index contributed by atoms with van der Waals surface area (Å²) in [5.74, 6) is -0.483. The first-order chi connectivity index (χ1) is 5.20. The summed E-state index contributed by atoms with van der Waals surface area (Å²) in [5, 5.41) is 2.50. The van der Waals surface area contributed by atoms with Gasteiger partial charge in [0.1, 0.15) is 0 Å². The minimum Gasteiger partial charge on any atom is -0.469 e. The number of rotatable bonds is 4. The van der Waals surface area contributed by atoms with E-state index < -0.39 is 0 Å². The molecule has 4 nitrogen and oxygen atoms in total. The third-order valence-corrected chi connectivity index (χ3v) is 1.11. The Morgan fingerprint density at radius 3 is 2.64 bits per heavy atom. The summed E-state index contributed by atoms with van der Waals surface area (Å²) < 4.78 is 4.36. The van der Waals surface area contributed by atoms with Gasteiger partial charge >= 0.3 is 5.97 Å². The van der Waals surface area contributed by atoms with Crippen molar-refractivity contribution >= 4 is 11.9 Å². The first kappa shape index (κ1) is 9.94. The van der Waals surface area contributed by atoms with Crippen LogP contribution in [0.1, 0.15) is 12.8 Å². The molecule has 0 saturated heterocycles. The predicted molar refractivity (Wildman–Crippen MR) is 39.6 cm³/mol. The Morgan fingerprint density at radius 1 is 1.55 bits per heavy atom. The predicted octanol–water partition coefficient (Wildman–Crippen LogP) is -0.110. The summed E-state index contributed by atoms with van der Waals surface area (Å²) in [5.41, 5.74) is 0. The zero-order valence-electron chi connectivity index (χ0n) is 6.55. The number of ether oxygens (including phenoxy) is 1. The van der Waals surface area contributed by atoms with E-state index in [4.69, 9.17) is 0 Å². The first-order valence-corrected chi connectivity index (χ1v) is 3.33. The summed E-state index contributed by atoms with van der Waals surface area (Å²) >= 11 is 0. The van der Waals surface area contributed by atoms with Crippen LogP contribution >= 0.6 is 0 Å². The molecule has 0 aromatic heterocycles. The van der Waals surface area contributed by atoms with Crippen molar-refractivity contribution in [3.8, 4) is 0 Å². The number of nitrogens with one attached hydrogen (secondary N) is 1. The molecule has 0 aromatic carbocycles. The van der Waals surface area contributed by atoms with Gasteiger partial charge in [-0.15, -0.1) is 0 Å². The van der Waals surface area contributed by atoms with Gasteiger partial charge in [-0.3, -0.25) is 9.59 Å². The van der Waals surface area contributed by atoms with Crippen LogP contribution in [0.4, 0.5) is 0 Å². The molecule has 1 N–H and O–H groups in total. The van der Waals surface area contributed by atoms with Crippen molar-refractivity contribution in [1.82, 2.24) is 5.32 Å². The van der Waals surface area contributed by atoms with Crippen LogP contribution in [-0.2, 0) is 14.3 Å². The van der Waals surface area contributed by atoms with E-state index in [9.17, 15) is 9.59 Å². The third-order valence-electron chi connectivity index (χ3n) is 1.11. The maximum atomic E-state index is 10.6. The molecule has 0 rings (SSSR count).